The number of hydrogen-bond acceptors (Lipinski definition) is 3. The second kappa shape index (κ2) is 8.17. The van der Waals surface area contributed by atoms with E-state index in [9.17, 15) is 13.9 Å². The number of aliphatic hydroxyl groups is 1. The minimum Gasteiger partial charge on any atom is -0.435 e. The Labute approximate surface area is 119 Å². The van der Waals surface area contributed by atoms with Crippen LogP contribution in [0.2, 0.25) is 0 Å². The van der Waals surface area contributed by atoms with Crippen LogP contribution in [-0.2, 0) is 0 Å². The van der Waals surface area contributed by atoms with E-state index < -0.39 is 12.7 Å². The minimum atomic E-state index is -2.80. The predicted molar refractivity (Wildman–Crippen MR) is 75.0 cm³/mol. The van der Waals surface area contributed by atoms with Gasteiger partial charge in [-0.05, 0) is 30.0 Å². The van der Waals surface area contributed by atoms with Crippen molar-refractivity contribution in [3.63, 3.8) is 0 Å². The Morgan fingerprint density at radius 2 is 1.80 bits per heavy atom. The van der Waals surface area contributed by atoms with Crippen LogP contribution in [0, 0.1) is 5.92 Å². The molecule has 0 spiro atoms. The summed E-state index contributed by atoms with van der Waals surface area (Å²) < 4.78 is 28.5. The normalized spacial score (nSPS) is 14.6. The molecule has 0 aliphatic heterocycles. The third kappa shape index (κ3) is 5.43. The van der Waals surface area contributed by atoms with Crippen molar-refractivity contribution >= 4 is 0 Å². The van der Waals surface area contributed by atoms with Crippen LogP contribution in [0.15, 0.2) is 24.3 Å². The first kappa shape index (κ1) is 16.9. The van der Waals surface area contributed by atoms with Gasteiger partial charge in [-0.2, -0.15) is 8.78 Å². The largest absolute Gasteiger partial charge is 0.435 e. The van der Waals surface area contributed by atoms with Crippen molar-refractivity contribution in [2.45, 2.75) is 45.9 Å². The number of nitrogens with one attached hydrogen (secondary N) is 1. The molecule has 0 radical (unpaired) electrons. The van der Waals surface area contributed by atoms with Crippen molar-refractivity contribution in [2.75, 3.05) is 6.54 Å². The van der Waals surface area contributed by atoms with E-state index in [1.807, 2.05) is 20.8 Å². The van der Waals surface area contributed by atoms with Crippen molar-refractivity contribution in [2.24, 2.45) is 5.92 Å². The van der Waals surface area contributed by atoms with E-state index in [0.29, 0.717) is 6.54 Å². The number of alkyl halides is 2. The standard InChI is InChI=1S/C15H23F2NO2/c1-4-13(18-9-14(19)10(2)3)11-5-7-12(8-6-11)20-15(16)17/h5-8,10,13-15,18-19H,4,9H2,1-3H3. The number of ether oxygens (including phenoxy) is 1. The summed E-state index contributed by atoms with van der Waals surface area (Å²) >= 11 is 0. The molecule has 2 unspecified atom stereocenters. The van der Waals surface area contributed by atoms with Gasteiger partial charge in [-0.3, -0.25) is 0 Å². The Morgan fingerprint density at radius 3 is 2.25 bits per heavy atom. The van der Waals surface area contributed by atoms with Gasteiger partial charge in [0, 0.05) is 12.6 Å². The molecule has 0 bridgehead atoms. The zero-order valence-corrected chi connectivity index (χ0v) is 12.1. The van der Waals surface area contributed by atoms with Gasteiger partial charge in [-0.25, -0.2) is 0 Å². The van der Waals surface area contributed by atoms with Gasteiger partial charge in [0.05, 0.1) is 6.10 Å². The van der Waals surface area contributed by atoms with Gasteiger partial charge < -0.3 is 15.2 Å². The summed E-state index contributed by atoms with van der Waals surface area (Å²) in [7, 11) is 0. The molecule has 1 rings (SSSR count). The Morgan fingerprint density at radius 1 is 1.20 bits per heavy atom. The van der Waals surface area contributed by atoms with Crippen LogP contribution >= 0.6 is 0 Å². The molecule has 1 aromatic carbocycles. The topological polar surface area (TPSA) is 41.5 Å². The van der Waals surface area contributed by atoms with Crippen molar-refractivity contribution in [3.8, 4) is 5.75 Å². The maximum Gasteiger partial charge on any atom is 0.387 e. The van der Waals surface area contributed by atoms with Crippen LogP contribution in [0.3, 0.4) is 0 Å². The Bertz CT molecular complexity index is 382. The van der Waals surface area contributed by atoms with Crippen LogP contribution in [0.25, 0.3) is 0 Å². The van der Waals surface area contributed by atoms with Crippen LogP contribution in [0.4, 0.5) is 8.78 Å². The average Bonchev–Trinajstić information content (AvgIpc) is 2.40. The molecule has 0 fully saturated rings. The van der Waals surface area contributed by atoms with Gasteiger partial charge in [0.15, 0.2) is 0 Å². The van der Waals surface area contributed by atoms with Crippen LogP contribution in [-0.4, -0.2) is 24.4 Å². The highest BCUT2D eigenvalue weighted by Crippen LogP contribution is 2.21. The van der Waals surface area contributed by atoms with E-state index in [1.54, 1.807) is 12.1 Å². The molecular weight excluding hydrogens is 264 g/mol. The van der Waals surface area contributed by atoms with Crippen molar-refractivity contribution in [3.05, 3.63) is 29.8 Å². The highest BCUT2D eigenvalue weighted by atomic mass is 19.3. The number of halogens is 2. The highest BCUT2D eigenvalue weighted by molar-refractivity contribution is 5.29. The van der Waals surface area contributed by atoms with Crippen LogP contribution < -0.4 is 10.1 Å². The maximum absolute atomic E-state index is 12.1. The van der Waals surface area contributed by atoms with Gasteiger partial charge in [-0.1, -0.05) is 32.9 Å². The molecule has 3 nitrogen and oxygen atoms in total. The first-order valence-electron chi connectivity index (χ1n) is 6.90. The number of aliphatic hydroxyl groups excluding tert-OH is 1. The molecule has 1 aromatic rings. The molecule has 0 saturated heterocycles. The van der Waals surface area contributed by atoms with Gasteiger partial charge in [0.1, 0.15) is 5.75 Å². The van der Waals surface area contributed by atoms with E-state index in [0.717, 1.165) is 12.0 Å². The Balaban J connectivity index is 2.61. The second-order valence-electron chi connectivity index (χ2n) is 5.13. The van der Waals surface area contributed by atoms with Gasteiger partial charge in [0.25, 0.3) is 0 Å². The number of hydrogen-bond donors (Lipinski definition) is 2. The van der Waals surface area contributed by atoms with Gasteiger partial charge >= 0.3 is 6.61 Å². The first-order chi connectivity index (χ1) is 9.43. The van der Waals surface area contributed by atoms with Crippen molar-refractivity contribution in [1.82, 2.24) is 5.32 Å². The third-order valence-corrected chi connectivity index (χ3v) is 3.26. The number of benzene rings is 1. The lowest BCUT2D eigenvalue weighted by Crippen LogP contribution is -2.33. The molecule has 0 amide bonds. The predicted octanol–water partition coefficient (Wildman–Crippen LogP) is 3.35. The zero-order chi connectivity index (χ0) is 15.1. The molecule has 0 aliphatic rings. The summed E-state index contributed by atoms with van der Waals surface area (Å²) in [5.74, 6) is 0.350. The molecule has 0 heterocycles. The molecule has 0 aliphatic carbocycles. The SMILES string of the molecule is CCC(NCC(O)C(C)C)c1ccc(OC(F)F)cc1. The molecule has 0 aromatic heterocycles. The van der Waals surface area contributed by atoms with Gasteiger partial charge in [0.2, 0.25) is 0 Å². The Kier molecular flexibility index (Phi) is 6.88. The first-order valence-corrected chi connectivity index (χ1v) is 6.90. The maximum atomic E-state index is 12.1. The Hall–Kier alpha value is -1.20. The lowest BCUT2D eigenvalue weighted by Gasteiger charge is -2.22. The second-order valence-corrected chi connectivity index (χ2v) is 5.13. The van der Waals surface area contributed by atoms with E-state index in [1.165, 1.54) is 12.1 Å². The fourth-order valence-corrected chi connectivity index (χ4v) is 1.88. The summed E-state index contributed by atoms with van der Waals surface area (Å²) in [5.41, 5.74) is 0.991. The highest BCUT2D eigenvalue weighted by Gasteiger charge is 2.14. The lowest BCUT2D eigenvalue weighted by atomic mass is 10.0. The monoisotopic (exact) mass is 287 g/mol. The molecule has 0 saturated carbocycles. The van der Waals surface area contributed by atoms with Crippen molar-refractivity contribution < 1.29 is 18.6 Å². The average molecular weight is 287 g/mol. The number of rotatable bonds is 8. The molecule has 20 heavy (non-hydrogen) atoms. The zero-order valence-electron chi connectivity index (χ0n) is 12.1. The fraction of sp³-hybridized carbons (Fsp3) is 0.600. The summed E-state index contributed by atoms with van der Waals surface area (Å²) in [6.07, 6.45) is 0.449. The lowest BCUT2D eigenvalue weighted by molar-refractivity contribution is -0.0498. The summed E-state index contributed by atoms with van der Waals surface area (Å²) in [5, 5.41) is 13.1. The fourth-order valence-electron chi connectivity index (χ4n) is 1.88. The van der Waals surface area contributed by atoms with Crippen LogP contribution in [0.5, 0.6) is 5.75 Å². The van der Waals surface area contributed by atoms with E-state index >= 15 is 0 Å². The quantitative estimate of drug-likeness (QED) is 0.770. The smallest absolute Gasteiger partial charge is 0.387 e. The summed E-state index contributed by atoms with van der Waals surface area (Å²) in [4.78, 5) is 0. The molecular formula is C15H23F2NO2. The van der Waals surface area contributed by atoms with E-state index in [4.69, 9.17) is 0 Å². The molecule has 2 atom stereocenters. The van der Waals surface area contributed by atoms with Crippen molar-refractivity contribution in [1.29, 1.82) is 0 Å². The van der Waals surface area contributed by atoms with Crippen LogP contribution in [0.1, 0.15) is 38.8 Å². The molecule has 2 N–H and O–H groups in total. The van der Waals surface area contributed by atoms with E-state index in [2.05, 4.69) is 10.1 Å². The van der Waals surface area contributed by atoms with E-state index in [-0.39, 0.29) is 17.7 Å². The third-order valence-electron chi connectivity index (χ3n) is 3.26. The molecule has 5 heteroatoms. The summed E-state index contributed by atoms with van der Waals surface area (Å²) in [6.45, 7) is 3.66. The molecule has 114 valence electrons. The van der Waals surface area contributed by atoms with Gasteiger partial charge in [-0.15, -0.1) is 0 Å². The minimum absolute atomic E-state index is 0.0870. The summed E-state index contributed by atoms with van der Waals surface area (Å²) in [6, 6.07) is 6.68.